The molecule has 3 atom stereocenters. The second-order valence-electron chi connectivity index (χ2n) is 8.04. The fraction of sp³-hybridized carbons (Fsp3) is 0.579. The molecule has 1 saturated heterocycles. The van der Waals surface area contributed by atoms with Crippen LogP contribution in [-0.2, 0) is 6.54 Å². The predicted octanol–water partition coefficient (Wildman–Crippen LogP) is 2.94. The SMILES string of the molecule is NC(=O)N1C[C@H](N(C(=O)NCc2ccc(OC(F)(F)F)cc2F)C2CC2)CC2CC21. The molecule has 3 aliphatic rings. The summed E-state index contributed by atoms with van der Waals surface area (Å²) in [5.74, 6) is -1.24. The maximum Gasteiger partial charge on any atom is 0.573 e. The number of amides is 4. The Bertz CT molecular complexity index is 846. The van der Waals surface area contributed by atoms with E-state index in [1.807, 2.05) is 0 Å². The van der Waals surface area contributed by atoms with Crippen LogP contribution in [0.3, 0.4) is 0 Å². The number of nitrogens with two attached hydrogens (primary N) is 1. The summed E-state index contributed by atoms with van der Waals surface area (Å²) in [6.07, 6.45) is -1.53. The Morgan fingerprint density at radius 2 is 1.97 bits per heavy atom. The highest BCUT2D eigenvalue weighted by molar-refractivity contribution is 5.76. The van der Waals surface area contributed by atoms with Crippen LogP contribution in [-0.4, -0.2) is 52.9 Å². The van der Waals surface area contributed by atoms with E-state index in [0.717, 1.165) is 37.8 Å². The van der Waals surface area contributed by atoms with Crippen LogP contribution in [0.2, 0.25) is 0 Å². The molecule has 30 heavy (non-hydrogen) atoms. The lowest BCUT2D eigenvalue weighted by Gasteiger charge is -2.38. The Hall–Kier alpha value is -2.72. The summed E-state index contributed by atoms with van der Waals surface area (Å²) in [7, 11) is 0. The van der Waals surface area contributed by atoms with E-state index in [2.05, 4.69) is 10.1 Å². The van der Waals surface area contributed by atoms with Crippen molar-refractivity contribution in [1.29, 1.82) is 0 Å². The van der Waals surface area contributed by atoms with Crippen molar-refractivity contribution in [2.24, 2.45) is 11.7 Å². The highest BCUT2D eigenvalue weighted by Gasteiger charge is 2.52. The lowest BCUT2D eigenvalue weighted by atomic mass is 10.0. The number of piperidine rings is 1. The van der Waals surface area contributed by atoms with Crippen LogP contribution < -0.4 is 15.8 Å². The number of carbonyl (C=O) groups excluding carboxylic acids is 2. The molecule has 2 aliphatic carbocycles. The third kappa shape index (κ3) is 4.54. The standard InChI is InChI=1S/C19H22F4N4O3/c20-15-7-14(30-19(21,22)23)4-1-10(15)8-25-18(29)27(12-2-3-12)13-5-11-6-16(11)26(9-13)17(24)28/h1,4,7,11-13,16H,2-3,5-6,8-9H2,(H2,24,28)(H,25,29)/t11?,13-,16?/m1/s1. The first kappa shape index (κ1) is 20.5. The largest absolute Gasteiger partial charge is 0.573 e. The maximum absolute atomic E-state index is 14.1. The highest BCUT2D eigenvalue weighted by Crippen LogP contribution is 2.45. The average molecular weight is 430 g/mol. The van der Waals surface area contributed by atoms with Gasteiger partial charge in [0.25, 0.3) is 0 Å². The number of primary amides is 1. The topological polar surface area (TPSA) is 87.9 Å². The molecule has 1 aliphatic heterocycles. The highest BCUT2D eigenvalue weighted by atomic mass is 19.4. The molecular weight excluding hydrogens is 408 g/mol. The molecule has 1 aromatic carbocycles. The van der Waals surface area contributed by atoms with Crippen molar-refractivity contribution >= 4 is 12.1 Å². The van der Waals surface area contributed by atoms with Crippen LogP contribution in [0.4, 0.5) is 27.2 Å². The number of hydrogen-bond donors (Lipinski definition) is 2. The minimum absolute atomic E-state index is 0.0401. The molecule has 1 heterocycles. The molecule has 11 heteroatoms. The number of rotatable bonds is 5. The molecule has 0 radical (unpaired) electrons. The molecular formula is C19H22F4N4O3. The number of nitrogens with zero attached hydrogens (tertiary/aromatic N) is 2. The molecule has 0 spiro atoms. The fourth-order valence-electron chi connectivity index (χ4n) is 4.22. The number of carbonyl (C=O) groups is 2. The third-order valence-electron chi connectivity index (χ3n) is 5.81. The van der Waals surface area contributed by atoms with E-state index in [1.54, 1.807) is 9.80 Å². The zero-order valence-corrected chi connectivity index (χ0v) is 16.0. The van der Waals surface area contributed by atoms with Crippen LogP contribution >= 0.6 is 0 Å². The van der Waals surface area contributed by atoms with Crippen LogP contribution in [0, 0.1) is 11.7 Å². The molecule has 164 valence electrons. The van der Waals surface area contributed by atoms with Gasteiger partial charge in [-0.05, 0) is 37.7 Å². The molecule has 7 nitrogen and oxygen atoms in total. The number of ether oxygens (including phenoxy) is 1. The van der Waals surface area contributed by atoms with Gasteiger partial charge in [0, 0.05) is 36.8 Å². The molecule has 0 aromatic heterocycles. The van der Waals surface area contributed by atoms with Crippen molar-refractivity contribution in [3.05, 3.63) is 29.6 Å². The number of halogens is 4. The smallest absolute Gasteiger partial charge is 0.406 e. The van der Waals surface area contributed by atoms with Crippen LogP contribution in [0.25, 0.3) is 0 Å². The summed E-state index contributed by atoms with van der Waals surface area (Å²) in [5.41, 5.74) is 5.50. The third-order valence-corrected chi connectivity index (χ3v) is 5.81. The Kier molecular flexibility index (Phi) is 5.15. The first-order valence-corrected chi connectivity index (χ1v) is 9.79. The zero-order chi connectivity index (χ0) is 21.6. The Morgan fingerprint density at radius 3 is 2.57 bits per heavy atom. The molecule has 3 fully saturated rings. The van der Waals surface area contributed by atoms with Gasteiger partial charge in [-0.2, -0.15) is 0 Å². The van der Waals surface area contributed by atoms with Gasteiger partial charge >= 0.3 is 18.4 Å². The monoisotopic (exact) mass is 430 g/mol. The van der Waals surface area contributed by atoms with E-state index < -0.39 is 24.0 Å². The summed E-state index contributed by atoms with van der Waals surface area (Å²) in [5, 5.41) is 2.65. The number of likely N-dealkylation sites (tertiary alicyclic amines) is 1. The van der Waals surface area contributed by atoms with Gasteiger partial charge in [-0.3, -0.25) is 0 Å². The normalized spacial score (nSPS) is 25.3. The quantitative estimate of drug-likeness (QED) is 0.705. The first-order valence-electron chi connectivity index (χ1n) is 9.79. The van der Waals surface area contributed by atoms with Gasteiger partial charge in [0.2, 0.25) is 0 Å². The van der Waals surface area contributed by atoms with Gasteiger partial charge in [0.15, 0.2) is 0 Å². The van der Waals surface area contributed by atoms with Crippen molar-refractivity contribution in [1.82, 2.24) is 15.1 Å². The second-order valence-corrected chi connectivity index (χ2v) is 8.04. The van der Waals surface area contributed by atoms with Gasteiger partial charge in [-0.15, -0.1) is 13.2 Å². The van der Waals surface area contributed by atoms with Gasteiger partial charge in [-0.25, -0.2) is 14.0 Å². The van der Waals surface area contributed by atoms with Gasteiger partial charge < -0.3 is 25.6 Å². The summed E-state index contributed by atoms with van der Waals surface area (Å²) < 4.78 is 54.5. The Balaban J connectivity index is 1.39. The Morgan fingerprint density at radius 1 is 1.23 bits per heavy atom. The predicted molar refractivity (Wildman–Crippen MR) is 96.8 cm³/mol. The van der Waals surface area contributed by atoms with Crippen LogP contribution in [0.15, 0.2) is 18.2 Å². The van der Waals surface area contributed by atoms with Crippen molar-refractivity contribution in [2.75, 3.05) is 6.54 Å². The van der Waals surface area contributed by atoms with Crippen molar-refractivity contribution in [3.8, 4) is 5.75 Å². The maximum atomic E-state index is 14.1. The average Bonchev–Trinajstić information content (AvgIpc) is 3.54. The summed E-state index contributed by atoms with van der Waals surface area (Å²) in [6, 6.07) is 1.95. The minimum atomic E-state index is -4.91. The molecule has 2 saturated carbocycles. The number of urea groups is 2. The van der Waals surface area contributed by atoms with Crippen LogP contribution in [0.1, 0.15) is 31.2 Å². The van der Waals surface area contributed by atoms with Crippen molar-refractivity contribution in [3.63, 3.8) is 0 Å². The van der Waals surface area contributed by atoms with Gasteiger partial charge in [0.1, 0.15) is 11.6 Å². The van der Waals surface area contributed by atoms with E-state index in [0.29, 0.717) is 18.5 Å². The second kappa shape index (κ2) is 7.51. The van der Waals surface area contributed by atoms with E-state index in [9.17, 15) is 27.2 Å². The summed E-state index contributed by atoms with van der Waals surface area (Å²) in [4.78, 5) is 27.9. The molecule has 2 unspecified atom stereocenters. The molecule has 0 bridgehead atoms. The summed E-state index contributed by atoms with van der Waals surface area (Å²) in [6.45, 7) is 0.191. The van der Waals surface area contributed by atoms with Crippen molar-refractivity contribution < 1.29 is 31.9 Å². The van der Waals surface area contributed by atoms with Crippen LogP contribution in [0.5, 0.6) is 5.75 Å². The summed E-state index contributed by atoms with van der Waals surface area (Å²) >= 11 is 0. The number of benzene rings is 1. The van der Waals surface area contributed by atoms with E-state index in [-0.39, 0.29) is 36.3 Å². The fourth-order valence-corrected chi connectivity index (χ4v) is 4.22. The first-order chi connectivity index (χ1) is 14.1. The zero-order valence-electron chi connectivity index (χ0n) is 16.0. The molecule has 3 N–H and O–H groups in total. The molecule has 4 rings (SSSR count). The lowest BCUT2D eigenvalue weighted by molar-refractivity contribution is -0.274. The number of hydrogen-bond acceptors (Lipinski definition) is 3. The number of fused-ring (bicyclic) bond motifs is 1. The van der Waals surface area contributed by atoms with E-state index in [1.165, 1.54) is 0 Å². The van der Waals surface area contributed by atoms with Gasteiger partial charge in [-0.1, -0.05) is 6.07 Å². The molecule has 4 amide bonds. The number of nitrogens with one attached hydrogen (secondary N) is 1. The van der Waals surface area contributed by atoms with E-state index >= 15 is 0 Å². The van der Waals surface area contributed by atoms with E-state index in [4.69, 9.17) is 5.73 Å². The lowest BCUT2D eigenvalue weighted by Crippen LogP contribution is -2.56. The Labute approximate surface area is 170 Å². The van der Waals surface area contributed by atoms with Gasteiger partial charge in [0.05, 0.1) is 6.04 Å². The minimum Gasteiger partial charge on any atom is -0.406 e. The number of alkyl halides is 3. The van der Waals surface area contributed by atoms with Crippen molar-refractivity contribution in [2.45, 2.75) is 56.7 Å². The molecule has 1 aromatic rings.